The van der Waals surface area contributed by atoms with Crippen molar-refractivity contribution in [3.63, 3.8) is 0 Å². The van der Waals surface area contributed by atoms with Gasteiger partial charge in [-0.25, -0.2) is 9.78 Å². The number of hydrogen-bond acceptors (Lipinski definition) is 5. The number of carboxylic acids is 1. The van der Waals surface area contributed by atoms with Crippen molar-refractivity contribution in [1.82, 2.24) is 4.98 Å². The van der Waals surface area contributed by atoms with Crippen LogP contribution in [0.3, 0.4) is 0 Å². The number of carbonyl (C=O) groups is 2. The molecule has 0 fully saturated rings. The van der Waals surface area contributed by atoms with Gasteiger partial charge in [-0.1, -0.05) is 20.8 Å². The summed E-state index contributed by atoms with van der Waals surface area (Å²) in [6.45, 7) is 7.55. The lowest BCUT2D eigenvalue weighted by molar-refractivity contribution is -0.139. The van der Waals surface area contributed by atoms with Crippen molar-refractivity contribution in [1.29, 1.82) is 0 Å². The first-order valence-electron chi connectivity index (χ1n) is 7.39. The SMILES string of the molecule is Cc1cc(OCC(=O)O)ccc1NC(=O)c1csc(C(C)(C)C)n1. The summed E-state index contributed by atoms with van der Waals surface area (Å²) in [6.07, 6.45) is 0. The maximum absolute atomic E-state index is 12.3. The largest absolute Gasteiger partial charge is 0.482 e. The molecule has 7 heteroatoms. The maximum atomic E-state index is 12.3. The standard InChI is InChI=1S/C17H20N2O4S/c1-10-7-11(23-8-14(20)21)5-6-12(10)18-15(22)13-9-24-16(19-13)17(2,3)4/h5-7,9H,8H2,1-4H3,(H,18,22)(H,20,21). The van der Waals surface area contributed by atoms with Crippen LogP contribution in [0.1, 0.15) is 41.8 Å². The highest BCUT2D eigenvalue weighted by Crippen LogP contribution is 2.26. The number of hydrogen-bond donors (Lipinski definition) is 2. The molecular formula is C17H20N2O4S. The predicted molar refractivity (Wildman–Crippen MR) is 93.1 cm³/mol. The van der Waals surface area contributed by atoms with Crippen LogP contribution in [0.25, 0.3) is 0 Å². The molecule has 128 valence electrons. The van der Waals surface area contributed by atoms with Gasteiger partial charge in [0.1, 0.15) is 11.4 Å². The molecule has 0 unspecified atom stereocenters. The second kappa shape index (κ2) is 7.00. The first-order valence-corrected chi connectivity index (χ1v) is 8.27. The van der Waals surface area contributed by atoms with Crippen molar-refractivity contribution < 1.29 is 19.4 Å². The van der Waals surface area contributed by atoms with E-state index in [-0.39, 0.29) is 11.3 Å². The first-order chi connectivity index (χ1) is 11.2. The number of aromatic nitrogens is 1. The summed E-state index contributed by atoms with van der Waals surface area (Å²) < 4.78 is 5.11. The minimum Gasteiger partial charge on any atom is -0.482 e. The van der Waals surface area contributed by atoms with E-state index >= 15 is 0 Å². The van der Waals surface area contributed by atoms with Gasteiger partial charge in [0, 0.05) is 16.5 Å². The van der Waals surface area contributed by atoms with Gasteiger partial charge in [0.15, 0.2) is 6.61 Å². The molecule has 0 aliphatic carbocycles. The van der Waals surface area contributed by atoms with E-state index < -0.39 is 12.6 Å². The van der Waals surface area contributed by atoms with Crippen molar-refractivity contribution in [2.75, 3.05) is 11.9 Å². The van der Waals surface area contributed by atoms with Gasteiger partial charge in [-0.05, 0) is 30.7 Å². The maximum Gasteiger partial charge on any atom is 0.341 e. The van der Waals surface area contributed by atoms with Crippen LogP contribution < -0.4 is 10.1 Å². The molecule has 0 bridgehead atoms. The number of carbonyl (C=O) groups excluding carboxylic acids is 1. The quantitative estimate of drug-likeness (QED) is 0.864. The predicted octanol–water partition coefficient (Wildman–Crippen LogP) is 3.46. The zero-order valence-electron chi connectivity index (χ0n) is 14.0. The monoisotopic (exact) mass is 348 g/mol. The third-order valence-electron chi connectivity index (χ3n) is 3.19. The number of carboxylic acid groups (broad SMARTS) is 1. The smallest absolute Gasteiger partial charge is 0.341 e. The number of aryl methyl sites for hydroxylation is 1. The molecule has 6 nitrogen and oxygen atoms in total. The first kappa shape index (κ1) is 17.9. The number of aliphatic carboxylic acids is 1. The van der Waals surface area contributed by atoms with E-state index in [4.69, 9.17) is 9.84 Å². The van der Waals surface area contributed by atoms with Crippen LogP contribution in [0.15, 0.2) is 23.6 Å². The van der Waals surface area contributed by atoms with E-state index in [0.29, 0.717) is 17.1 Å². The normalized spacial score (nSPS) is 11.2. The molecule has 0 saturated carbocycles. The fraction of sp³-hybridized carbons (Fsp3) is 0.353. The summed E-state index contributed by atoms with van der Waals surface area (Å²) in [4.78, 5) is 27.2. The highest BCUT2D eigenvalue weighted by Gasteiger charge is 2.20. The van der Waals surface area contributed by atoms with E-state index in [2.05, 4.69) is 10.3 Å². The van der Waals surface area contributed by atoms with Crippen LogP contribution in [0.2, 0.25) is 0 Å². The summed E-state index contributed by atoms with van der Waals surface area (Å²) in [6, 6.07) is 4.98. The van der Waals surface area contributed by atoms with Gasteiger partial charge in [-0.15, -0.1) is 11.3 Å². The van der Waals surface area contributed by atoms with Gasteiger partial charge >= 0.3 is 5.97 Å². The number of anilines is 1. The lowest BCUT2D eigenvalue weighted by atomic mass is 9.98. The lowest BCUT2D eigenvalue weighted by Crippen LogP contribution is -2.15. The Kier molecular flexibility index (Phi) is 5.23. The van der Waals surface area contributed by atoms with E-state index in [1.807, 2.05) is 27.7 Å². The van der Waals surface area contributed by atoms with Gasteiger partial charge in [0.05, 0.1) is 5.01 Å². The molecular weight excluding hydrogens is 328 g/mol. The van der Waals surface area contributed by atoms with Crippen molar-refractivity contribution in [3.05, 3.63) is 39.8 Å². The zero-order chi connectivity index (χ0) is 17.9. The average Bonchev–Trinajstić information content (AvgIpc) is 2.97. The highest BCUT2D eigenvalue weighted by atomic mass is 32.1. The van der Waals surface area contributed by atoms with Gasteiger partial charge in [-0.2, -0.15) is 0 Å². The molecule has 2 rings (SSSR count). The van der Waals surface area contributed by atoms with E-state index in [1.54, 1.807) is 23.6 Å². The van der Waals surface area contributed by atoms with E-state index in [9.17, 15) is 9.59 Å². The Labute approximate surface area is 144 Å². The molecule has 0 atom stereocenters. The number of thiazole rings is 1. The van der Waals surface area contributed by atoms with Gasteiger partial charge in [0.2, 0.25) is 0 Å². The number of ether oxygens (including phenoxy) is 1. The second-order valence-corrected chi connectivity index (χ2v) is 7.26. The Bertz CT molecular complexity index is 762. The second-order valence-electron chi connectivity index (χ2n) is 6.40. The number of nitrogens with zero attached hydrogens (tertiary/aromatic N) is 1. The molecule has 1 heterocycles. The third-order valence-corrected chi connectivity index (χ3v) is 4.45. The highest BCUT2D eigenvalue weighted by molar-refractivity contribution is 7.10. The topological polar surface area (TPSA) is 88.5 Å². The molecule has 2 N–H and O–H groups in total. The molecule has 24 heavy (non-hydrogen) atoms. The number of nitrogens with one attached hydrogen (secondary N) is 1. The molecule has 0 spiro atoms. The van der Waals surface area contributed by atoms with Crippen LogP contribution in [0, 0.1) is 6.92 Å². The van der Waals surface area contributed by atoms with Crippen molar-refractivity contribution >= 4 is 28.9 Å². The average molecular weight is 348 g/mol. The minimum atomic E-state index is -1.04. The summed E-state index contributed by atoms with van der Waals surface area (Å²) >= 11 is 1.46. The fourth-order valence-electron chi connectivity index (χ4n) is 1.92. The molecule has 1 aromatic carbocycles. The molecule has 2 aromatic rings. The van der Waals surface area contributed by atoms with Gasteiger partial charge < -0.3 is 15.2 Å². The van der Waals surface area contributed by atoms with Crippen molar-refractivity contribution in [2.45, 2.75) is 33.1 Å². The minimum absolute atomic E-state index is 0.0950. The van der Waals surface area contributed by atoms with E-state index in [0.717, 1.165) is 10.6 Å². The van der Waals surface area contributed by atoms with Crippen LogP contribution in [-0.2, 0) is 10.2 Å². The molecule has 0 radical (unpaired) electrons. The van der Waals surface area contributed by atoms with Crippen LogP contribution in [0.5, 0.6) is 5.75 Å². The third kappa shape index (κ3) is 4.55. The Morgan fingerprint density at radius 3 is 2.58 bits per heavy atom. The Morgan fingerprint density at radius 2 is 2.04 bits per heavy atom. The Balaban J connectivity index is 2.09. The molecule has 0 saturated heterocycles. The Hall–Kier alpha value is -2.41. The van der Waals surface area contributed by atoms with Gasteiger partial charge in [-0.3, -0.25) is 4.79 Å². The van der Waals surface area contributed by atoms with E-state index in [1.165, 1.54) is 11.3 Å². The van der Waals surface area contributed by atoms with Crippen LogP contribution >= 0.6 is 11.3 Å². The lowest BCUT2D eigenvalue weighted by Gasteiger charge is -2.13. The van der Waals surface area contributed by atoms with Gasteiger partial charge in [0.25, 0.3) is 5.91 Å². The number of benzene rings is 1. The molecule has 0 aliphatic rings. The molecule has 0 aliphatic heterocycles. The number of amides is 1. The van der Waals surface area contributed by atoms with Crippen molar-refractivity contribution in [3.8, 4) is 5.75 Å². The fourth-order valence-corrected chi connectivity index (χ4v) is 2.81. The molecule has 1 amide bonds. The summed E-state index contributed by atoms with van der Waals surface area (Å²) in [5.74, 6) is -0.871. The Morgan fingerprint density at radius 1 is 1.33 bits per heavy atom. The van der Waals surface area contributed by atoms with Crippen LogP contribution in [-0.4, -0.2) is 28.6 Å². The molecule has 1 aromatic heterocycles. The summed E-state index contributed by atoms with van der Waals surface area (Å²) in [7, 11) is 0. The number of rotatable bonds is 5. The summed E-state index contributed by atoms with van der Waals surface area (Å²) in [5, 5.41) is 14.1. The van der Waals surface area contributed by atoms with Crippen LogP contribution in [0.4, 0.5) is 5.69 Å². The zero-order valence-corrected chi connectivity index (χ0v) is 14.9. The summed E-state index contributed by atoms with van der Waals surface area (Å²) in [5.41, 5.74) is 1.70. The van der Waals surface area contributed by atoms with Crippen molar-refractivity contribution in [2.24, 2.45) is 0 Å².